The summed E-state index contributed by atoms with van der Waals surface area (Å²) in [6.07, 6.45) is 1.42. The maximum atomic E-state index is 14.4. The predicted octanol–water partition coefficient (Wildman–Crippen LogP) is 5.10. The quantitative estimate of drug-likeness (QED) is 0.303. The number of fused-ring (bicyclic) bond motifs is 1. The molecular weight excluding hydrogens is 471 g/mol. The van der Waals surface area contributed by atoms with E-state index in [9.17, 15) is 14.3 Å². The molecule has 0 unspecified atom stereocenters. The molecule has 4 N–H and O–H groups in total. The standard InChI is InChI=1S/C29H35FN4O3/c1-17-6-7-19(14-20(17)15-34-12-13-37-24-10-11-33-27(30)22(24)16-34)25(29(3,4)28(35)36)21-8-9-23(32-5)26(31)18(21)2/h6-11,14,25,32H,12-13,15-16,31H2,1-5H3,(H,35,36)/t25-/m0/s1. The number of hydrogen-bond donors (Lipinski definition) is 3. The Bertz CT molecular complexity index is 1320. The number of benzene rings is 2. The number of nitrogens with zero attached hydrogens (tertiary/aromatic N) is 2. The maximum Gasteiger partial charge on any atom is 0.310 e. The Balaban J connectivity index is 1.75. The molecule has 8 heteroatoms. The summed E-state index contributed by atoms with van der Waals surface area (Å²) >= 11 is 0. The number of aliphatic carboxylic acids is 1. The second kappa shape index (κ2) is 10.4. The van der Waals surface area contributed by atoms with E-state index >= 15 is 0 Å². The lowest BCUT2D eigenvalue weighted by Gasteiger charge is -2.34. The molecule has 0 fully saturated rings. The fraction of sp³-hybridized carbons (Fsp3) is 0.379. The molecule has 4 rings (SSSR count). The Kier molecular flexibility index (Phi) is 7.41. The van der Waals surface area contributed by atoms with Crippen LogP contribution in [0.4, 0.5) is 15.8 Å². The molecule has 2 heterocycles. The summed E-state index contributed by atoms with van der Waals surface area (Å²) in [6.45, 7) is 9.48. The van der Waals surface area contributed by atoms with E-state index in [4.69, 9.17) is 10.5 Å². The van der Waals surface area contributed by atoms with Crippen LogP contribution in [0.3, 0.4) is 0 Å². The predicted molar refractivity (Wildman–Crippen MR) is 143 cm³/mol. The van der Waals surface area contributed by atoms with Gasteiger partial charge in [-0.1, -0.05) is 24.3 Å². The maximum absolute atomic E-state index is 14.4. The van der Waals surface area contributed by atoms with E-state index in [1.54, 1.807) is 19.9 Å². The summed E-state index contributed by atoms with van der Waals surface area (Å²) in [5.41, 5.74) is 11.9. The molecular formula is C29H35FN4O3. The van der Waals surface area contributed by atoms with Crippen molar-refractivity contribution in [3.63, 3.8) is 0 Å². The van der Waals surface area contributed by atoms with Gasteiger partial charge < -0.3 is 20.9 Å². The van der Waals surface area contributed by atoms with Crippen molar-refractivity contribution in [2.24, 2.45) is 5.41 Å². The lowest BCUT2D eigenvalue weighted by Crippen LogP contribution is -2.33. The van der Waals surface area contributed by atoms with Gasteiger partial charge in [-0.05, 0) is 67.6 Å². The van der Waals surface area contributed by atoms with Crippen LogP contribution in [-0.2, 0) is 17.9 Å². The molecule has 2 aromatic carbocycles. The molecule has 0 amide bonds. The number of hydrogen-bond acceptors (Lipinski definition) is 6. The Morgan fingerprint density at radius 3 is 2.73 bits per heavy atom. The number of rotatable bonds is 7. The molecule has 1 aliphatic heterocycles. The first-order valence-corrected chi connectivity index (χ1v) is 12.4. The van der Waals surface area contributed by atoms with Crippen LogP contribution >= 0.6 is 0 Å². The summed E-state index contributed by atoms with van der Waals surface area (Å²) in [5, 5.41) is 13.3. The minimum atomic E-state index is -1.10. The first-order valence-electron chi connectivity index (χ1n) is 12.4. The molecule has 0 saturated carbocycles. The molecule has 0 spiro atoms. The van der Waals surface area contributed by atoms with E-state index in [2.05, 4.69) is 21.3 Å². The van der Waals surface area contributed by atoms with Gasteiger partial charge in [0.1, 0.15) is 12.4 Å². The van der Waals surface area contributed by atoms with Gasteiger partial charge in [-0.25, -0.2) is 4.98 Å². The second-order valence-corrected chi connectivity index (χ2v) is 10.3. The summed E-state index contributed by atoms with van der Waals surface area (Å²) in [7, 11) is 1.81. The number of anilines is 2. The van der Waals surface area contributed by atoms with E-state index in [0.717, 1.165) is 33.5 Å². The van der Waals surface area contributed by atoms with Gasteiger partial charge in [-0.15, -0.1) is 0 Å². The number of halogens is 1. The average molecular weight is 507 g/mol. The van der Waals surface area contributed by atoms with Crippen molar-refractivity contribution in [1.29, 1.82) is 0 Å². The van der Waals surface area contributed by atoms with Crippen LogP contribution in [0.5, 0.6) is 5.75 Å². The normalized spacial score (nSPS) is 14.9. The van der Waals surface area contributed by atoms with Crippen molar-refractivity contribution in [3.05, 3.63) is 81.9 Å². The van der Waals surface area contributed by atoms with Gasteiger partial charge in [-0.3, -0.25) is 9.69 Å². The SMILES string of the molecule is CNc1ccc([C@H](c2ccc(C)c(CN3CCOc4ccnc(F)c4C3)c2)C(C)(C)C(=O)O)c(C)c1N. The van der Waals surface area contributed by atoms with E-state index in [0.29, 0.717) is 43.2 Å². The largest absolute Gasteiger partial charge is 0.492 e. The van der Waals surface area contributed by atoms with Crippen LogP contribution < -0.4 is 15.8 Å². The molecule has 0 aliphatic carbocycles. The number of aromatic nitrogens is 1. The Morgan fingerprint density at radius 1 is 1.27 bits per heavy atom. The van der Waals surface area contributed by atoms with Crippen molar-refractivity contribution in [2.75, 3.05) is 31.2 Å². The number of ether oxygens (including phenoxy) is 1. The van der Waals surface area contributed by atoms with Crippen molar-refractivity contribution < 1.29 is 19.0 Å². The van der Waals surface area contributed by atoms with Crippen molar-refractivity contribution >= 4 is 17.3 Å². The van der Waals surface area contributed by atoms with Gasteiger partial charge in [-0.2, -0.15) is 4.39 Å². The topological polar surface area (TPSA) is 101 Å². The minimum absolute atomic E-state index is 0.379. The van der Waals surface area contributed by atoms with Crippen molar-refractivity contribution in [2.45, 2.75) is 46.7 Å². The van der Waals surface area contributed by atoms with Crippen LogP contribution in [0.1, 0.15) is 53.1 Å². The third-order valence-electron chi connectivity index (χ3n) is 7.52. The number of nitrogens with one attached hydrogen (secondary N) is 1. The Hall–Kier alpha value is -3.65. The molecule has 3 aromatic rings. The van der Waals surface area contributed by atoms with Gasteiger partial charge in [0.2, 0.25) is 5.95 Å². The van der Waals surface area contributed by atoms with Gasteiger partial charge in [0.05, 0.1) is 22.4 Å². The number of carbonyl (C=O) groups is 1. The molecule has 1 aliphatic rings. The third kappa shape index (κ3) is 5.11. The van der Waals surface area contributed by atoms with Crippen LogP contribution in [0.2, 0.25) is 0 Å². The summed E-state index contributed by atoms with van der Waals surface area (Å²) in [5.74, 6) is -1.31. The second-order valence-electron chi connectivity index (χ2n) is 10.3. The van der Waals surface area contributed by atoms with Gasteiger partial charge in [0, 0.05) is 38.8 Å². The lowest BCUT2D eigenvalue weighted by molar-refractivity contribution is -0.147. The molecule has 196 valence electrons. The smallest absolute Gasteiger partial charge is 0.310 e. The lowest BCUT2D eigenvalue weighted by atomic mass is 9.69. The zero-order valence-corrected chi connectivity index (χ0v) is 22.1. The van der Waals surface area contributed by atoms with Crippen molar-refractivity contribution in [3.8, 4) is 5.75 Å². The Morgan fingerprint density at radius 2 is 2.03 bits per heavy atom. The molecule has 7 nitrogen and oxygen atoms in total. The van der Waals surface area contributed by atoms with Crippen LogP contribution in [0.15, 0.2) is 42.6 Å². The summed E-state index contributed by atoms with van der Waals surface area (Å²) in [6, 6.07) is 11.7. The highest BCUT2D eigenvalue weighted by Gasteiger charge is 2.40. The molecule has 0 bridgehead atoms. The number of pyridine rings is 1. The zero-order chi connectivity index (χ0) is 26.9. The number of carboxylic acid groups (broad SMARTS) is 1. The fourth-order valence-corrected chi connectivity index (χ4v) is 5.12. The van der Waals surface area contributed by atoms with Gasteiger partial charge in [0.25, 0.3) is 0 Å². The highest BCUT2D eigenvalue weighted by atomic mass is 19.1. The summed E-state index contributed by atoms with van der Waals surface area (Å²) < 4.78 is 20.2. The minimum Gasteiger partial charge on any atom is -0.492 e. The van der Waals surface area contributed by atoms with Gasteiger partial charge >= 0.3 is 5.97 Å². The van der Waals surface area contributed by atoms with Crippen LogP contribution in [-0.4, -0.2) is 41.2 Å². The molecule has 1 aromatic heterocycles. The highest BCUT2D eigenvalue weighted by molar-refractivity contribution is 5.78. The van der Waals surface area contributed by atoms with Crippen molar-refractivity contribution in [1.82, 2.24) is 9.88 Å². The average Bonchev–Trinajstić information content (AvgIpc) is 3.06. The van der Waals surface area contributed by atoms with Gasteiger partial charge in [0.15, 0.2) is 0 Å². The van der Waals surface area contributed by atoms with E-state index in [-0.39, 0.29) is 0 Å². The number of carboxylic acids is 1. The Labute approximate surface area is 217 Å². The van der Waals surface area contributed by atoms with Crippen LogP contribution in [0.25, 0.3) is 0 Å². The number of aryl methyl sites for hydroxylation is 1. The van der Waals surface area contributed by atoms with E-state index in [1.165, 1.54) is 6.20 Å². The molecule has 37 heavy (non-hydrogen) atoms. The highest BCUT2D eigenvalue weighted by Crippen LogP contribution is 2.45. The first kappa shape index (κ1) is 26.4. The molecule has 1 atom stereocenters. The number of nitrogens with two attached hydrogens (primary N) is 1. The summed E-state index contributed by atoms with van der Waals surface area (Å²) in [4.78, 5) is 18.4. The molecule has 0 saturated heterocycles. The van der Waals surface area contributed by atoms with E-state index < -0.39 is 23.2 Å². The molecule has 0 radical (unpaired) electrons. The van der Waals surface area contributed by atoms with E-state index in [1.807, 2.05) is 45.2 Å². The fourth-order valence-electron chi connectivity index (χ4n) is 5.12. The van der Waals surface area contributed by atoms with Crippen LogP contribution in [0, 0.1) is 25.2 Å². The number of nitrogen functional groups attached to an aromatic ring is 1. The first-order chi connectivity index (χ1) is 17.5. The zero-order valence-electron chi connectivity index (χ0n) is 22.1. The monoisotopic (exact) mass is 506 g/mol. The third-order valence-corrected chi connectivity index (χ3v) is 7.52.